The number of urea groups is 1. The molecule has 186 valence electrons. The van der Waals surface area contributed by atoms with E-state index in [2.05, 4.69) is 16.9 Å². The number of fused-ring (bicyclic) bond motifs is 2. The largest absolute Gasteiger partial charge is 0.375 e. The molecule has 4 amide bonds. The minimum atomic E-state index is -0.808. The normalized spacial score (nSPS) is 20.0. The van der Waals surface area contributed by atoms with Crippen LogP contribution in [-0.2, 0) is 16.1 Å². The lowest BCUT2D eigenvalue weighted by Crippen LogP contribution is -2.62. The van der Waals surface area contributed by atoms with Crippen molar-refractivity contribution in [1.82, 2.24) is 30.1 Å². The predicted octanol–water partition coefficient (Wildman–Crippen LogP) is 2.17. The Bertz CT molecular complexity index is 1330. The van der Waals surface area contributed by atoms with Crippen LogP contribution in [0.25, 0.3) is 10.2 Å². The van der Waals surface area contributed by atoms with Crippen molar-refractivity contribution in [2.24, 2.45) is 0 Å². The van der Waals surface area contributed by atoms with Crippen LogP contribution in [-0.4, -0.2) is 75.5 Å². The molecule has 10 nitrogen and oxygen atoms in total. The molecule has 3 N–H and O–H groups in total. The standard InChI is InChI=1S/C25H27N7O3S/c1-3-12-30(25(35)27-2)31-15-20(33)32-19(31)14-29(23(34)22(32)16-8-5-4-6-9-16)13-17-10-7-11-18-21(17)28-24(26)36-18/h3-11,19,22H,1,12-15H2,2H3,(H2,26,28)(H,27,35)/t19-,22+/m1/s1. The molecular formula is C25H27N7O3S. The highest BCUT2D eigenvalue weighted by Gasteiger charge is 2.52. The highest BCUT2D eigenvalue weighted by molar-refractivity contribution is 7.22. The van der Waals surface area contributed by atoms with Crippen LogP contribution in [0.4, 0.5) is 9.93 Å². The van der Waals surface area contributed by atoms with Gasteiger partial charge in [0.2, 0.25) is 5.91 Å². The number of benzene rings is 2. The van der Waals surface area contributed by atoms with E-state index < -0.39 is 12.2 Å². The second-order valence-corrected chi connectivity index (χ2v) is 9.72. The third-order valence-electron chi connectivity index (χ3n) is 6.51. The SMILES string of the molecule is C=CCN(C(=O)NC)N1CC(=O)N2[C@@H](c3ccccc3)C(=O)N(Cc3cccc4sc(N)nc34)C[C@@H]21. The van der Waals surface area contributed by atoms with Crippen LogP contribution >= 0.6 is 11.3 Å². The molecule has 2 aliphatic heterocycles. The van der Waals surface area contributed by atoms with Crippen molar-refractivity contribution in [3.63, 3.8) is 0 Å². The summed E-state index contributed by atoms with van der Waals surface area (Å²) < 4.78 is 0.949. The summed E-state index contributed by atoms with van der Waals surface area (Å²) in [4.78, 5) is 47.8. The zero-order valence-electron chi connectivity index (χ0n) is 19.8. The molecule has 2 fully saturated rings. The molecule has 36 heavy (non-hydrogen) atoms. The van der Waals surface area contributed by atoms with Gasteiger partial charge in [-0.05, 0) is 17.2 Å². The lowest BCUT2D eigenvalue weighted by molar-refractivity contribution is -0.158. The Balaban J connectivity index is 1.56. The first-order valence-electron chi connectivity index (χ1n) is 11.6. The van der Waals surface area contributed by atoms with Crippen LogP contribution in [0.15, 0.2) is 61.2 Å². The minimum absolute atomic E-state index is 0.0193. The van der Waals surface area contributed by atoms with Crippen LogP contribution in [0.2, 0.25) is 0 Å². The van der Waals surface area contributed by atoms with Gasteiger partial charge in [-0.1, -0.05) is 59.9 Å². The summed E-state index contributed by atoms with van der Waals surface area (Å²) in [5, 5.41) is 6.28. The fourth-order valence-corrected chi connectivity index (χ4v) is 5.73. The molecule has 0 unspecified atom stereocenters. The van der Waals surface area contributed by atoms with Gasteiger partial charge in [-0.2, -0.15) is 5.01 Å². The number of carbonyl (C=O) groups is 3. The van der Waals surface area contributed by atoms with Crippen molar-refractivity contribution in [3.8, 4) is 0 Å². The van der Waals surface area contributed by atoms with Gasteiger partial charge >= 0.3 is 6.03 Å². The van der Waals surface area contributed by atoms with Crippen LogP contribution in [0.5, 0.6) is 0 Å². The molecule has 0 aliphatic carbocycles. The van der Waals surface area contributed by atoms with E-state index >= 15 is 0 Å². The topological polar surface area (TPSA) is 115 Å². The Labute approximate surface area is 212 Å². The monoisotopic (exact) mass is 505 g/mol. The highest BCUT2D eigenvalue weighted by atomic mass is 32.1. The van der Waals surface area contributed by atoms with E-state index in [0.717, 1.165) is 21.3 Å². The lowest BCUT2D eigenvalue weighted by atomic mass is 10.00. The molecule has 0 radical (unpaired) electrons. The van der Waals surface area contributed by atoms with E-state index in [1.807, 2.05) is 48.5 Å². The molecular weight excluding hydrogens is 478 g/mol. The number of para-hydroxylation sites is 1. The first-order valence-corrected chi connectivity index (χ1v) is 12.4. The zero-order chi connectivity index (χ0) is 25.4. The Kier molecular flexibility index (Phi) is 6.33. The van der Waals surface area contributed by atoms with Crippen molar-refractivity contribution in [2.45, 2.75) is 18.8 Å². The molecule has 2 aliphatic rings. The molecule has 3 aromatic rings. The quantitative estimate of drug-likeness (QED) is 0.496. The molecule has 0 spiro atoms. The number of nitrogens with one attached hydrogen (secondary N) is 1. The van der Waals surface area contributed by atoms with Gasteiger partial charge in [-0.3, -0.25) is 14.6 Å². The van der Waals surface area contributed by atoms with Gasteiger partial charge in [0, 0.05) is 13.6 Å². The van der Waals surface area contributed by atoms with Crippen molar-refractivity contribution in [3.05, 3.63) is 72.3 Å². The van der Waals surface area contributed by atoms with Crippen LogP contribution < -0.4 is 11.1 Å². The summed E-state index contributed by atoms with van der Waals surface area (Å²) in [7, 11) is 1.54. The van der Waals surface area contributed by atoms with Gasteiger partial charge < -0.3 is 20.9 Å². The van der Waals surface area contributed by atoms with E-state index in [1.54, 1.807) is 20.9 Å². The first kappa shape index (κ1) is 23.8. The number of nitrogen functional groups attached to an aromatic ring is 1. The van der Waals surface area contributed by atoms with Crippen molar-refractivity contribution < 1.29 is 14.4 Å². The molecule has 2 atom stereocenters. The fraction of sp³-hybridized carbons (Fsp3) is 0.280. The smallest absolute Gasteiger partial charge is 0.332 e. The Hall–Kier alpha value is -3.96. The number of anilines is 1. The highest BCUT2D eigenvalue weighted by Crippen LogP contribution is 2.37. The average Bonchev–Trinajstić information content (AvgIpc) is 3.42. The van der Waals surface area contributed by atoms with Gasteiger partial charge in [0.15, 0.2) is 5.13 Å². The van der Waals surface area contributed by atoms with Gasteiger partial charge in [0.25, 0.3) is 5.91 Å². The van der Waals surface area contributed by atoms with Gasteiger partial charge in [0.05, 0.1) is 29.9 Å². The van der Waals surface area contributed by atoms with E-state index in [0.29, 0.717) is 11.7 Å². The van der Waals surface area contributed by atoms with E-state index in [4.69, 9.17) is 5.73 Å². The maximum atomic E-state index is 13.9. The van der Waals surface area contributed by atoms with E-state index in [1.165, 1.54) is 23.4 Å². The summed E-state index contributed by atoms with van der Waals surface area (Å²) in [6, 6.07) is 13.9. The molecule has 1 aromatic heterocycles. The predicted molar refractivity (Wildman–Crippen MR) is 137 cm³/mol. The molecule has 11 heteroatoms. The summed E-state index contributed by atoms with van der Waals surface area (Å²) in [6.07, 6.45) is 1.08. The second kappa shape index (κ2) is 9.59. The number of nitrogens with two attached hydrogens (primary N) is 1. The zero-order valence-corrected chi connectivity index (χ0v) is 20.6. The maximum absolute atomic E-state index is 13.9. The summed E-state index contributed by atoms with van der Waals surface area (Å²) in [6.45, 7) is 4.49. The number of piperazine rings is 1. The summed E-state index contributed by atoms with van der Waals surface area (Å²) in [5.41, 5.74) is 8.31. The number of thiazole rings is 1. The van der Waals surface area contributed by atoms with Crippen molar-refractivity contribution in [2.75, 3.05) is 32.4 Å². The number of amides is 4. The number of hydrazine groups is 1. The molecule has 2 aromatic carbocycles. The van der Waals surface area contributed by atoms with E-state index in [9.17, 15) is 14.4 Å². The second-order valence-electron chi connectivity index (χ2n) is 8.65. The summed E-state index contributed by atoms with van der Waals surface area (Å²) in [5.74, 6) is -0.391. The van der Waals surface area contributed by atoms with Crippen LogP contribution in [0, 0.1) is 0 Å². The number of hydrogen-bond donors (Lipinski definition) is 2. The Morgan fingerprint density at radius 2 is 2.03 bits per heavy atom. The lowest BCUT2D eigenvalue weighted by Gasteiger charge is -2.46. The Morgan fingerprint density at radius 1 is 1.25 bits per heavy atom. The molecule has 0 saturated carbocycles. The molecule has 2 saturated heterocycles. The number of rotatable bonds is 6. The van der Waals surface area contributed by atoms with Crippen molar-refractivity contribution >= 4 is 44.5 Å². The van der Waals surface area contributed by atoms with Crippen molar-refractivity contribution in [1.29, 1.82) is 0 Å². The molecule has 5 rings (SSSR count). The molecule has 0 bridgehead atoms. The summed E-state index contributed by atoms with van der Waals surface area (Å²) >= 11 is 1.40. The Morgan fingerprint density at radius 3 is 2.75 bits per heavy atom. The first-order chi connectivity index (χ1) is 17.4. The van der Waals surface area contributed by atoms with Gasteiger partial charge in [-0.25, -0.2) is 9.78 Å². The third kappa shape index (κ3) is 4.06. The number of carbonyl (C=O) groups excluding carboxylic acids is 3. The molecule has 3 heterocycles. The minimum Gasteiger partial charge on any atom is -0.375 e. The maximum Gasteiger partial charge on any atom is 0.332 e. The number of nitrogens with zero attached hydrogens (tertiary/aromatic N) is 5. The van der Waals surface area contributed by atoms with Crippen LogP contribution in [0.1, 0.15) is 17.2 Å². The van der Waals surface area contributed by atoms with Gasteiger partial charge in [0.1, 0.15) is 12.2 Å². The van der Waals surface area contributed by atoms with E-state index in [-0.39, 0.29) is 37.5 Å². The fourth-order valence-electron chi connectivity index (χ4n) is 4.95. The number of aromatic nitrogens is 1. The van der Waals surface area contributed by atoms with Gasteiger partial charge in [-0.15, -0.1) is 6.58 Å². The third-order valence-corrected chi connectivity index (χ3v) is 7.36. The average molecular weight is 506 g/mol. The number of hydrogen-bond acceptors (Lipinski definition) is 7. The van der Waals surface area contributed by atoms with Crippen LogP contribution in [0.3, 0.4) is 0 Å².